The summed E-state index contributed by atoms with van der Waals surface area (Å²) in [7, 11) is 0. The van der Waals surface area contributed by atoms with Gasteiger partial charge >= 0.3 is 0 Å². The number of likely N-dealkylation sites (tertiary alicyclic amines) is 1. The number of phenols is 1. The van der Waals surface area contributed by atoms with Crippen molar-refractivity contribution in [3.8, 4) is 5.75 Å². The Balaban J connectivity index is 1.87. The molecule has 129 heavy (non-hydrogen) atoms. The Bertz CT molecular complexity index is 4040. The third-order valence-electron chi connectivity index (χ3n) is 21.7. The van der Waals surface area contributed by atoms with Crippen molar-refractivity contribution >= 4 is 112 Å². The van der Waals surface area contributed by atoms with Gasteiger partial charge in [0.05, 0.1) is 24.6 Å². The highest BCUT2D eigenvalue weighted by Crippen LogP contribution is 2.27. The standard InChI is InChI=1S/C86H148N24O19/c1-17-46(5)66(69(89)117)109-74(122)56(37-49-27-29-50(111)30-28-49)103-79(127)62-38-51(112)44-110(62)81(129)48(7)98-73(121)55(36-45(3)4)100-64(114)26-20-19-21-33-94-70(118)54(31-32-63(87)113)102-75(123)58(40-84(8,9)10)105-76(124)59(41-85(11,12)13)104-72(120)53(25-23-35-96-83(92)93)101-78(126)61-43-97-71(119)57(99-52(68(88)116)24-22-34-95-82(90)91)39-65(115)108-67(47(6)18-2)80(128)106-60(77(125)107-61)42-86(14,15)16/h27-30,45-48,51-62,66-67,99,111-112H,17-26,31-44H2,1-16H3,(H2,87,113)(H2,88,116)(H2,89,117)(H,94,118)(H,97,119)(H,98,121)(H,100,114)(H,101,126)(H,102,123)(H,103,127)(H,104,120)(H,105,124)(H,106,128)(H,107,125)(H,108,115)(H,109,122)(H4,90,91,95)(H4,92,93,96)/t46-,47-,48-,51+,52-,53-,54-,55-,56-,57?,58?,59?,60?,61-,62-,66-,67-/m0/s1. The zero-order chi connectivity index (χ0) is 97.7. The van der Waals surface area contributed by atoms with Crippen molar-refractivity contribution in [2.24, 2.45) is 84.1 Å². The van der Waals surface area contributed by atoms with Crippen LogP contribution in [0.1, 0.15) is 232 Å². The van der Waals surface area contributed by atoms with Gasteiger partial charge in [-0.1, -0.05) is 135 Å². The number of β-amino-alcohol motifs (C(OH)–C–C–N with tert-alkyl or cyclic N) is 1. The number of hydrogen-bond acceptors (Lipinski definition) is 22. The summed E-state index contributed by atoms with van der Waals surface area (Å²) in [6.07, 6.45) is -1.26. The summed E-state index contributed by atoms with van der Waals surface area (Å²) in [5.74, 6) is -15.6. The van der Waals surface area contributed by atoms with Crippen LogP contribution in [0.4, 0.5) is 0 Å². The fourth-order valence-corrected chi connectivity index (χ4v) is 14.5. The molecule has 43 nitrogen and oxygen atoms in total. The molecule has 2 aliphatic rings. The number of guanidine groups is 2. The number of nitrogens with two attached hydrogens (primary N) is 7. The average molecular weight is 1820 g/mol. The number of rotatable bonds is 49. The van der Waals surface area contributed by atoms with E-state index < -0.39 is 226 Å². The van der Waals surface area contributed by atoms with Crippen LogP contribution in [0.3, 0.4) is 0 Å². The maximum Gasteiger partial charge on any atom is 0.245 e. The van der Waals surface area contributed by atoms with E-state index in [0.29, 0.717) is 31.2 Å². The average Bonchev–Trinajstić information content (AvgIpc) is 1.73. The maximum atomic E-state index is 15.0. The number of unbranched alkanes of at least 4 members (excludes halogenated alkanes) is 2. The molecular formula is C86H148N24O19. The Morgan fingerprint density at radius 1 is 0.543 bits per heavy atom. The maximum absolute atomic E-state index is 15.0. The van der Waals surface area contributed by atoms with E-state index >= 15 is 9.59 Å². The lowest BCUT2D eigenvalue weighted by molar-refractivity contribution is -0.142. The Morgan fingerprint density at radius 2 is 1.08 bits per heavy atom. The molecule has 0 aromatic heterocycles. The van der Waals surface area contributed by atoms with Crippen LogP contribution in [0.25, 0.3) is 0 Å². The lowest BCUT2D eigenvalue weighted by Gasteiger charge is -2.32. The van der Waals surface area contributed by atoms with Crippen LogP contribution in [0.15, 0.2) is 34.3 Å². The Kier molecular flexibility index (Phi) is 46.2. The molecule has 3 rings (SSSR count). The molecule has 0 aliphatic carbocycles. The molecule has 0 radical (unpaired) electrons. The number of aromatic hydroxyl groups is 1. The first kappa shape index (κ1) is 112. The number of nitrogens with one attached hydrogen (secondary N) is 14. The van der Waals surface area contributed by atoms with Crippen molar-refractivity contribution in [3.63, 3.8) is 0 Å². The molecule has 0 spiro atoms. The molecule has 2 saturated heterocycles. The summed E-state index contributed by atoms with van der Waals surface area (Å²) in [5.41, 5.74) is 37.7. The lowest BCUT2D eigenvalue weighted by Crippen LogP contribution is -2.63. The summed E-state index contributed by atoms with van der Waals surface area (Å²) in [6.45, 7) is 27.0. The smallest absolute Gasteiger partial charge is 0.245 e. The van der Waals surface area contributed by atoms with E-state index in [1.165, 1.54) is 31.2 Å². The minimum absolute atomic E-state index is 0.00868. The highest BCUT2D eigenvalue weighted by atomic mass is 16.3. The Morgan fingerprint density at radius 3 is 1.60 bits per heavy atom. The Labute approximate surface area is 756 Å². The van der Waals surface area contributed by atoms with Gasteiger partial charge in [0.15, 0.2) is 11.9 Å². The molecule has 2 aliphatic heterocycles. The van der Waals surface area contributed by atoms with Gasteiger partial charge < -0.3 is 124 Å². The first-order valence-electron chi connectivity index (χ1n) is 44.4. The van der Waals surface area contributed by atoms with E-state index in [1.54, 1.807) is 90.0 Å². The molecule has 43 heteroatoms. The van der Waals surface area contributed by atoms with E-state index in [2.05, 4.69) is 84.4 Å². The van der Waals surface area contributed by atoms with Gasteiger partial charge in [0, 0.05) is 58.4 Å². The number of primary amides is 3. The number of hydrogen-bond donors (Lipinski definition) is 23. The number of phenolic OH excluding ortho intramolecular Hbond substituents is 1. The molecule has 2 fully saturated rings. The third kappa shape index (κ3) is 42.1. The fourth-order valence-electron chi connectivity index (χ4n) is 14.5. The molecule has 1 aromatic rings. The van der Waals surface area contributed by atoms with Gasteiger partial charge in [-0.05, 0) is 129 Å². The number of carbonyl (C=O) groups is 17. The number of aliphatic hydroxyl groups excluding tert-OH is 1. The SMILES string of the molecule is CC[C@H](C)[C@H](NC(=O)[C@H](Cc1ccc(O)cc1)NC(=O)[C@@H]1C[C@@H](O)CN1C(=O)[C@H](C)NC(=O)[C@H](CC(C)C)NC(=O)CCCCCNC(=O)[C@H](CCC(N)=O)NC(=O)C(CC(C)(C)C)NC(=O)C(CC(C)(C)C)NC(=O)[C@H](CCCN=C(N)N)NC(=O)[C@@H]1CNC(=O)C(N[C@@H](CCCN=C(N)N)C(N)=O)CC(=O)N[C@@H]([C@@H](C)CC)C(=O)NC(CC(C)(C)C)C(=O)N1)C(N)=O. The number of aliphatic imine (C=N–C) groups is 2. The fraction of sp³-hybridized carbons (Fsp3) is 0.709. The molecule has 0 saturated carbocycles. The van der Waals surface area contributed by atoms with Gasteiger partial charge in [-0.2, -0.15) is 0 Å². The summed E-state index contributed by atoms with van der Waals surface area (Å²) in [4.78, 5) is 248. The van der Waals surface area contributed by atoms with E-state index in [4.69, 9.17) is 40.1 Å². The molecule has 17 atom stereocenters. The minimum Gasteiger partial charge on any atom is -0.508 e. The number of amides is 17. The van der Waals surface area contributed by atoms with Gasteiger partial charge in [-0.25, -0.2) is 0 Å². The van der Waals surface area contributed by atoms with Crippen LogP contribution in [0, 0.1) is 34.0 Å². The molecule has 30 N–H and O–H groups in total. The topological polar surface area (TPSA) is 709 Å². The predicted octanol–water partition coefficient (Wildman–Crippen LogP) is -3.44. The first-order chi connectivity index (χ1) is 60.0. The first-order valence-corrected chi connectivity index (χ1v) is 44.4. The number of carbonyl (C=O) groups excluding carboxylic acids is 17. The summed E-state index contributed by atoms with van der Waals surface area (Å²) in [5, 5.41) is 58.5. The minimum atomic E-state index is -1.77. The van der Waals surface area contributed by atoms with Crippen LogP contribution in [0.2, 0.25) is 0 Å². The second-order valence-corrected chi connectivity index (χ2v) is 37.8. The second-order valence-electron chi connectivity index (χ2n) is 37.8. The van der Waals surface area contributed by atoms with E-state index in [1.807, 2.05) is 13.8 Å². The third-order valence-corrected chi connectivity index (χ3v) is 21.7. The molecule has 17 amide bonds. The molecule has 2 heterocycles. The van der Waals surface area contributed by atoms with Gasteiger partial charge in [0.25, 0.3) is 0 Å². The van der Waals surface area contributed by atoms with Crippen LogP contribution in [-0.2, 0) is 87.9 Å². The summed E-state index contributed by atoms with van der Waals surface area (Å²) >= 11 is 0. The zero-order valence-corrected chi connectivity index (χ0v) is 77.9. The number of benzene rings is 1. The van der Waals surface area contributed by atoms with E-state index in [0.717, 1.165) is 4.90 Å². The normalized spacial score (nSPS) is 19.6. The van der Waals surface area contributed by atoms with Gasteiger partial charge in [-0.15, -0.1) is 0 Å². The van der Waals surface area contributed by atoms with Crippen molar-refractivity contribution < 1.29 is 91.7 Å². The summed E-state index contributed by atoms with van der Waals surface area (Å²) in [6, 6.07) is -13.4. The molecular weight excluding hydrogens is 1670 g/mol. The van der Waals surface area contributed by atoms with Crippen LogP contribution < -0.4 is 115 Å². The van der Waals surface area contributed by atoms with Gasteiger partial charge in [-0.3, -0.25) is 96.8 Å². The highest BCUT2D eigenvalue weighted by molar-refractivity contribution is 6.01. The zero-order valence-electron chi connectivity index (χ0n) is 77.9. The molecule has 726 valence electrons. The van der Waals surface area contributed by atoms with Crippen LogP contribution >= 0.6 is 0 Å². The largest absolute Gasteiger partial charge is 0.508 e. The van der Waals surface area contributed by atoms with E-state index in [9.17, 15) is 82.1 Å². The quantitative estimate of drug-likeness (QED) is 0.0171. The van der Waals surface area contributed by atoms with Crippen molar-refractivity contribution in [1.29, 1.82) is 0 Å². The van der Waals surface area contributed by atoms with Crippen LogP contribution in [0.5, 0.6) is 5.75 Å². The monoisotopic (exact) mass is 1820 g/mol. The van der Waals surface area contributed by atoms with Crippen molar-refractivity contribution in [3.05, 3.63) is 29.8 Å². The van der Waals surface area contributed by atoms with Crippen molar-refractivity contribution in [2.75, 3.05) is 32.7 Å². The molecule has 1 aromatic carbocycles. The van der Waals surface area contributed by atoms with Gasteiger partial charge in [0.1, 0.15) is 78.3 Å². The highest BCUT2D eigenvalue weighted by Gasteiger charge is 2.45. The van der Waals surface area contributed by atoms with Gasteiger partial charge in [0.2, 0.25) is 100 Å². The van der Waals surface area contributed by atoms with E-state index in [-0.39, 0.29) is 146 Å². The number of aliphatic hydroxyl groups is 1. The van der Waals surface area contributed by atoms with Crippen molar-refractivity contribution in [2.45, 2.75) is 323 Å². The summed E-state index contributed by atoms with van der Waals surface area (Å²) < 4.78 is 0. The number of nitrogens with zero attached hydrogens (tertiary/aromatic N) is 3. The lowest BCUT2D eigenvalue weighted by atomic mass is 9.86. The van der Waals surface area contributed by atoms with Crippen molar-refractivity contribution in [1.82, 2.24) is 79.3 Å². The Hall–Kier alpha value is -11.5. The predicted molar refractivity (Wildman–Crippen MR) is 482 cm³/mol. The van der Waals surface area contributed by atoms with Crippen LogP contribution in [-0.4, -0.2) is 251 Å². The second kappa shape index (κ2) is 53.4. The molecule has 0 bridgehead atoms. The molecule has 4 unspecified atom stereocenters.